The van der Waals surface area contributed by atoms with Gasteiger partial charge in [0.1, 0.15) is 5.75 Å². The Bertz CT molecular complexity index is 531. The molecule has 0 saturated heterocycles. The number of ether oxygens (including phenoxy) is 1. The average molecular weight is 405 g/mol. The van der Waals surface area contributed by atoms with Crippen LogP contribution in [0, 0.1) is 0 Å². The van der Waals surface area contributed by atoms with Gasteiger partial charge in [0, 0.05) is 15.7 Å². The zero-order valence-electron chi connectivity index (χ0n) is 10.2. The van der Waals surface area contributed by atoms with Crippen LogP contribution in [0.15, 0.2) is 53.0 Å². The lowest BCUT2D eigenvalue weighted by Crippen LogP contribution is -2.11. The molecule has 1 atom stereocenters. The smallest absolute Gasteiger partial charge is 0.137 e. The highest BCUT2D eigenvalue weighted by Gasteiger charge is 2.12. The Morgan fingerprint density at radius 3 is 2.47 bits per heavy atom. The van der Waals surface area contributed by atoms with Crippen LogP contribution < -0.4 is 4.74 Å². The van der Waals surface area contributed by atoms with Gasteiger partial charge < -0.3 is 4.74 Å². The summed E-state index contributed by atoms with van der Waals surface area (Å²) in [6.45, 7) is 0.594. The van der Waals surface area contributed by atoms with Crippen LogP contribution in [0.3, 0.4) is 0 Å². The molecule has 0 fully saturated rings. The van der Waals surface area contributed by atoms with Crippen molar-refractivity contribution in [3.63, 3.8) is 0 Å². The van der Waals surface area contributed by atoms with Crippen molar-refractivity contribution in [3.8, 4) is 5.75 Å². The molecule has 0 aliphatic heterocycles. The molecule has 100 valence electrons. The first-order valence-electron chi connectivity index (χ1n) is 5.89. The molecule has 2 aromatic carbocycles. The summed E-state index contributed by atoms with van der Waals surface area (Å²) in [5, 5.41) is 1.47. The predicted molar refractivity (Wildman–Crippen MR) is 87.6 cm³/mol. The molecule has 1 unspecified atom stereocenters. The molecule has 19 heavy (non-hydrogen) atoms. The van der Waals surface area contributed by atoms with E-state index < -0.39 is 0 Å². The number of benzene rings is 2. The maximum Gasteiger partial charge on any atom is 0.137 e. The summed E-state index contributed by atoms with van der Waals surface area (Å²) in [4.78, 5) is 0. The molecule has 1 nitrogen and oxygen atoms in total. The lowest BCUT2D eigenvalue weighted by molar-refractivity contribution is 0.298. The maximum atomic E-state index is 6.14. The Hall–Kier alpha value is -0.510. The molecular weight excluding hydrogens is 391 g/mol. The topological polar surface area (TPSA) is 9.23 Å². The fraction of sp³-hybridized carbons (Fsp3) is 0.200. The number of rotatable bonds is 5. The fourth-order valence-electron chi connectivity index (χ4n) is 1.74. The number of halogens is 3. The first-order valence-corrected chi connectivity index (χ1v) is 8.18. The van der Waals surface area contributed by atoms with Gasteiger partial charge in [-0.25, -0.2) is 0 Å². The summed E-state index contributed by atoms with van der Waals surface area (Å²) >= 11 is 13.1. The highest BCUT2D eigenvalue weighted by Crippen LogP contribution is 2.29. The van der Waals surface area contributed by atoms with Crippen molar-refractivity contribution in [2.24, 2.45) is 0 Å². The minimum atomic E-state index is 0.306. The van der Waals surface area contributed by atoms with Crippen LogP contribution in [0.5, 0.6) is 5.75 Å². The standard InChI is InChI=1S/C15H13Br2ClO/c16-9-12(11-4-2-1-3-5-11)10-19-15-7-6-13(17)8-14(15)18/h1-8,12H,9-10H2. The van der Waals surface area contributed by atoms with E-state index in [9.17, 15) is 0 Å². The van der Waals surface area contributed by atoms with Crippen LogP contribution in [-0.2, 0) is 0 Å². The fourth-order valence-corrected chi connectivity index (χ4v) is 3.03. The quantitative estimate of drug-likeness (QED) is 0.584. The predicted octanol–water partition coefficient (Wildman–Crippen LogP) is 5.66. The van der Waals surface area contributed by atoms with E-state index >= 15 is 0 Å². The second-order valence-corrected chi connectivity index (χ2v) is 6.12. The molecule has 0 aromatic heterocycles. The van der Waals surface area contributed by atoms with Gasteiger partial charge in [-0.05, 0) is 23.8 Å². The van der Waals surface area contributed by atoms with Crippen molar-refractivity contribution >= 4 is 43.5 Å². The van der Waals surface area contributed by atoms with Gasteiger partial charge in [-0.3, -0.25) is 0 Å². The van der Waals surface area contributed by atoms with Gasteiger partial charge in [0.15, 0.2) is 0 Å². The van der Waals surface area contributed by atoms with Crippen molar-refractivity contribution in [3.05, 3.63) is 63.6 Å². The van der Waals surface area contributed by atoms with Crippen molar-refractivity contribution in [1.82, 2.24) is 0 Å². The SMILES string of the molecule is Clc1cc(Br)ccc1OCC(CBr)c1ccccc1. The molecule has 2 aromatic rings. The molecular formula is C15H13Br2ClO. The van der Waals surface area contributed by atoms with Crippen LogP contribution in [0.2, 0.25) is 5.02 Å². The summed E-state index contributed by atoms with van der Waals surface area (Å²) in [5.74, 6) is 1.02. The third kappa shape index (κ3) is 4.23. The molecule has 0 saturated carbocycles. The Balaban J connectivity index is 2.04. The lowest BCUT2D eigenvalue weighted by Gasteiger charge is -2.16. The van der Waals surface area contributed by atoms with Gasteiger partial charge >= 0.3 is 0 Å². The molecule has 0 N–H and O–H groups in total. The molecule has 0 aliphatic rings. The maximum absolute atomic E-state index is 6.14. The third-order valence-electron chi connectivity index (χ3n) is 2.79. The molecule has 0 bridgehead atoms. The van der Waals surface area contributed by atoms with E-state index in [0.29, 0.717) is 23.3 Å². The van der Waals surface area contributed by atoms with Gasteiger partial charge in [-0.2, -0.15) is 0 Å². The monoisotopic (exact) mass is 402 g/mol. The van der Waals surface area contributed by atoms with Gasteiger partial charge in [0.2, 0.25) is 0 Å². The van der Waals surface area contributed by atoms with Crippen LogP contribution in [0.1, 0.15) is 11.5 Å². The molecule has 4 heteroatoms. The molecule has 0 amide bonds. The highest BCUT2D eigenvalue weighted by atomic mass is 79.9. The lowest BCUT2D eigenvalue weighted by atomic mass is 10.0. The Labute approximate surface area is 135 Å². The molecule has 0 heterocycles. The number of hydrogen-bond acceptors (Lipinski definition) is 1. The molecule has 2 rings (SSSR count). The largest absolute Gasteiger partial charge is 0.491 e. The van der Waals surface area contributed by atoms with E-state index in [1.165, 1.54) is 5.56 Å². The van der Waals surface area contributed by atoms with E-state index in [1.54, 1.807) is 0 Å². The van der Waals surface area contributed by atoms with E-state index in [0.717, 1.165) is 9.80 Å². The summed E-state index contributed by atoms with van der Waals surface area (Å²) in [6, 6.07) is 15.9. The zero-order chi connectivity index (χ0) is 13.7. The van der Waals surface area contributed by atoms with Crippen LogP contribution in [0.4, 0.5) is 0 Å². The summed E-state index contributed by atoms with van der Waals surface area (Å²) in [5.41, 5.74) is 1.26. The normalized spacial score (nSPS) is 12.2. The van der Waals surface area contributed by atoms with Crippen molar-refractivity contribution in [1.29, 1.82) is 0 Å². The van der Waals surface area contributed by atoms with E-state index in [1.807, 2.05) is 36.4 Å². The van der Waals surface area contributed by atoms with Crippen molar-refractivity contribution in [2.75, 3.05) is 11.9 Å². The first kappa shape index (κ1) is 14.9. The average Bonchev–Trinajstić information content (AvgIpc) is 2.43. The minimum absolute atomic E-state index is 0.306. The van der Waals surface area contributed by atoms with Gasteiger partial charge in [-0.1, -0.05) is 73.8 Å². The van der Waals surface area contributed by atoms with Crippen LogP contribution in [0.25, 0.3) is 0 Å². The second kappa shape index (κ2) is 7.32. The van der Waals surface area contributed by atoms with Crippen molar-refractivity contribution in [2.45, 2.75) is 5.92 Å². The Morgan fingerprint density at radius 2 is 1.84 bits per heavy atom. The summed E-state index contributed by atoms with van der Waals surface area (Å²) in [6.07, 6.45) is 0. The van der Waals surface area contributed by atoms with Gasteiger partial charge in [-0.15, -0.1) is 0 Å². The van der Waals surface area contributed by atoms with E-state index in [-0.39, 0.29) is 0 Å². The Kier molecular flexibility index (Phi) is 5.74. The molecule has 0 spiro atoms. The van der Waals surface area contributed by atoms with Gasteiger partial charge in [0.25, 0.3) is 0 Å². The molecule has 0 aliphatic carbocycles. The Morgan fingerprint density at radius 1 is 1.11 bits per heavy atom. The number of alkyl halides is 1. The zero-order valence-corrected chi connectivity index (χ0v) is 14.1. The summed E-state index contributed by atoms with van der Waals surface area (Å²) < 4.78 is 6.77. The summed E-state index contributed by atoms with van der Waals surface area (Å²) in [7, 11) is 0. The van der Waals surface area contributed by atoms with E-state index in [2.05, 4.69) is 44.0 Å². The minimum Gasteiger partial charge on any atom is -0.491 e. The third-order valence-corrected chi connectivity index (χ3v) is 4.36. The van der Waals surface area contributed by atoms with Crippen LogP contribution >= 0.6 is 43.5 Å². The highest BCUT2D eigenvalue weighted by molar-refractivity contribution is 9.10. The van der Waals surface area contributed by atoms with E-state index in [4.69, 9.17) is 16.3 Å². The second-order valence-electron chi connectivity index (χ2n) is 4.15. The van der Waals surface area contributed by atoms with Crippen molar-refractivity contribution < 1.29 is 4.74 Å². The number of hydrogen-bond donors (Lipinski definition) is 0. The van der Waals surface area contributed by atoms with Crippen LogP contribution in [-0.4, -0.2) is 11.9 Å². The van der Waals surface area contributed by atoms with Gasteiger partial charge in [0.05, 0.1) is 11.6 Å². The first-order chi connectivity index (χ1) is 9.20. The molecule has 0 radical (unpaired) electrons.